The molecule has 0 saturated heterocycles. The quantitative estimate of drug-likeness (QED) is 0.662. The fraction of sp³-hybridized carbons (Fsp3) is 0.417. The number of nitrogens with one attached hydrogen (secondary N) is 2. The molecule has 2 N–H and O–H groups in total. The maximum absolute atomic E-state index is 11.9. The minimum Gasteiger partial charge on any atom is -0.384 e. The fourth-order valence-corrected chi connectivity index (χ4v) is 2.22. The van der Waals surface area contributed by atoms with Crippen LogP contribution >= 0.6 is 0 Å². The SMILES string of the molecule is C=CCC1(C)C(=O)NCC2=C1NCC=C2. The van der Waals surface area contributed by atoms with Gasteiger partial charge in [-0.05, 0) is 18.9 Å². The molecule has 2 aliphatic rings. The van der Waals surface area contributed by atoms with Crippen LogP contribution in [-0.2, 0) is 4.79 Å². The van der Waals surface area contributed by atoms with E-state index in [0.29, 0.717) is 13.0 Å². The third kappa shape index (κ3) is 1.48. The predicted octanol–water partition coefficient (Wildman–Crippen LogP) is 1.11. The van der Waals surface area contributed by atoms with Crippen molar-refractivity contribution in [3.05, 3.63) is 36.1 Å². The highest BCUT2D eigenvalue weighted by atomic mass is 16.2. The van der Waals surface area contributed by atoms with Crippen LogP contribution in [0.2, 0.25) is 0 Å². The Bertz CT molecular complexity index is 368. The number of amides is 1. The van der Waals surface area contributed by atoms with Gasteiger partial charge in [-0.25, -0.2) is 0 Å². The van der Waals surface area contributed by atoms with E-state index in [1.165, 1.54) is 5.57 Å². The molecule has 2 heterocycles. The molecule has 2 aliphatic heterocycles. The molecule has 0 spiro atoms. The van der Waals surface area contributed by atoms with Crippen LogP contribution in [0.4, 0.5) is 0 Å². The molecule has 0 fully saturated rings. The Hall–Kier alpha value is -1.51. The number of carbonyl (C=O) groups is 1. The van der Waals surface area contributed by atoms with Crippen molar-refractivity contribution in [1.29, 1.82) is 0 Å². The summed E-state index contributed by atoms with van der Waals surface area (Å²) >= 11 is 0. The Kier molecular flexibility index (Phi) is 2.39. The van der Waals surface area contributed by atoms with Gasteiger partial charge in [-0.15, -0.1) is 6.58 Å². The monoisotopic (exact) mass is 204 g/mol. The van der Waals surface area contributed by atoms with E-state index in [0.717, 1.165) is 12.2 Å². The molecule has 0 aromatic heterocycles. The minimum absolute atomic E-state index is 0.0870. The second-order valence-electron chi connectivity index (χ2n) is 4.19. The second-order valence-corrected chi connectivity index (χ2v) is 4.19. The molecular formula is C12H16N2O. The fourth-order valence-electron chi connectivity index (χ4n) is 2.22. The van der Waals surface area contributed by atoms with Crippen molar-refractivity contribution in [2.45, 2.75) is 13.3 Å². The lowest BCUT2D eigenvalue weighted by molar-refractivity contribution is -0.128. The number of carbonyl (C=O) groups excluding carboxylic acids is 1. The molecule has 80 valence electrons. The zero-order valence-corrected chi connectivity index (χ0v) is 8.97. The van der Waals surface area contributed by atoms with E-state index < -0.39 is 5.41 Å². The summed E-state index contributed by atoms with van der Waals surface area (Å²) in [5, 5.41) is 6.23. The van der Waals surface area contributed by atoms with Crippen LogP contribution in [0.15, 0.2) is 36.1 Å². The molecule has 0 bridgehead atoms. The Labute approximate surface area is 89.9 Å². The van der Waals surface area contributed by atoms with E-state index in [1.54, 1.807) is 6.08 Å². The number of hydrogen-bond acceptors (Lipinski definition) is 2. The largest absolute Gasteiger partial charge is 0.384 e. The summed E-state index contributed by atoms with van der Waals surface area (Å²) in [4.78, 5) is 11.9. The van der Waals surface area contributed by atoms with Crippen molar-refractivity contribution in [2.24, 2.45) is 5.41 Å². The van der Waals surface area contributed by atoms with Gasteiger partial charge in [0.2, 0.25) is 5.91 Å². The van der Waals surface area contributed by atoms with Crippen molar-refractivity contribution < 1.29 is 4.79 Å². The molecule has 1 unspecified atom stereocenters. The first-order valence-electron chi connectivity index (χ1n) is 5.22. The van der Waals surface area contributed by atoms with Crippen molar-refractivity contribution in [3.8, 4) is 0 Å². The van der Waals surface area contributed by atoms with Crippen LogP contribution < -0.4 is 10.6 Å². The Morgan fingerprint density at radius 2 is 2.40 bits per heavy atom. The summed E-state index contributed by atoms with van der Waals surface area (Å²) in [5.41, 5.74) is 1.78. The predicted molar refractivity (Wildman–Crippen MR) is 60.1 cm³/mol. The third-order valence-electron chi connectivity index (χ3n) is 3.08. The molecule has 0 aromatic rings. The normalized spacial score (nSPS) is 29.3. The first kappa shape index (κ1) is 10.0. The summed E-state index contributed by atoms with van der Waals surface area (Å²) in [5.74, 6) is 0.0870. The standard InChI is InChI=1S/C12H16N2O/c1-3-6-12(2)10-9(5-4-7-13-10)8-14-11(12)15/h3-5,13H,1,6-8H2,2H3,(H,14,15). The number of rotatable bonds is 2. The highest BCUT2D eigenvalue weighted by Crippen LogP contribution is 2.35. The van der Waals surface area contributed by atoms with Gasteiger partial charge in [-0.1, -0.05) is 18.2 Å². The van der Waals surface area contributed by atoms with E-state index >= 15 is 0 Å². The van der Waals surface area contributed by atoms with Crippen molar-refractivity contribution in [1.82, 2.24) is 10.6 Å². The zero-order chi connectivity index (χ0) is 10.9. The van der Waals surface area contributed by atoms with E-state index in [2.05, 4.69) is 29.4 Å². The molecule has 0 aliphatic carbocycles. The number of allylic oxidation sites excluding steroid dienone is 1. The molecule has 1 amide bonds. The van der Waals surface area contributed by atoms with Crippen LogP contribution in [0.25, 0.3) is 0 Å². The maximum Gasteiger partial charge on any atom is 0.232 e. The van der Waals surface area contributed by atoms with Crippen molar-refractivity contribution in [2.75, 3.05) is 13.1 Å². The Morgan fingerprint density at radius 3 is 3.13 bits per heavy atom. The lowest BCUT2D eigenvalue weighted by Gasteiger charge is -2.37. The highest BCUT2D eigenvalue weighted by Gasteiger charge is 2.40. The van der Waals surface area contributed by atoms with E-state index in [-0.39, 0.29) is 5.91 Å². The molecule has 1 atom stereocenters. The molecule has 0 radical (unpaired) electrons. The van der Waals surface area contributed by atoms with Gasteiger partial charge < -0.3 is 10.6 Å². The Morgan fingerprint density at radius 1 is 1.60 bits per heavy atom. The van der Waals surface area contributed by atoms with E-state index in [1.807, 2.05) is 6.92 Å². The lowest BCUT2D eigenvalue weighted by Crippen LogP contribution is -2.50. The topological polar surface area (TPSA) is 41.1 Å². The van der Waals surface area contributed by atoms with Crippen molar-refractivity contribution >= 4 is 5.91 Å². The van der Waals surface area contributed by atoms with Crippen molar-refractivity contribution in [3.63, 3.8) is 0 Å². The molecule has 3 heteroatoms. The van der Waals surface area contributed by atoms with Crippen LogP contribution in [0.3, 0.4) is 0 Å². The van der Waals surface area contributed by atoms with Crippen LogP contribution in [0.1, 0.15) is 13.3 Å². The van der Waals surface area contributed by atoms with Gasteiger partial charge in [0, 0.05) is 18.8 Å². The molecule has 0 saturated carbocycles. The molecule has 15 heavy (non-hydrogen) atoms. The first-order chi connectivity index (χ1) is 7.18. The smallest absolute Gasteiger partial charge is 0.232 e. The van der Waals surface area contributed by atoms with Gasteiger partial charge >= 0.3 is 0 Å². The van der Waals surface area contributed by atoms with Gasteiger partial charge in [0.05, 0.1) is 5.41 Å². The second kappa shape index (κ2) is 3.57. The average Bonchev–Trinajstić information content (AvgIpc) is 2.25. The summed E-state index contributed by atoms with van der Waals surface area (Å²) in [6.45, 7) is 7.12. The molecular weight excluding hydrogens is 188 g/mol. The highest BCUT2D eigenvalue weighted by molar-refractivity contribution is 5.87. The molecule has 0 aromatic carbocycles. The molecule has 3 nitrogen and oxygen atoms in total. The molecule has 2 rings (SSSR count). The summed E-state index contributed by atoms with van der Waals surface area (Å²) < 4.78 is 0. The van der Waals surface area contributed by atoms with Crippen LogP contribution in [-0.4, -0.2) is 19.0 Å². The van der Waals surface area contributed by atoms with Crippen LogP contribution in [0, 0.1) is 5.41 Å². The third-order valence-corrected chi connectivity index (χ3v) is 3.08. The minimum atomic E-state index is -0.472. The average molecular weight is 204 g/mol. The van der Waals surface area contributed by atoms with Gasteiger partial charge in [-0.2, -0.15) is 0 Å². The number of hydrogen-bond donors (Lipinski definition) is 2. The van der Waals surface area contributed by atoms with Crippen LogP contribution in [0.5, 0.6) is 0 Å². The number of dihydropyridines is 1. The van der Waals surface area contributed by atoms with Gasteiger partial charge in [0.1, 0.15) is 0 Å². The lowest BCUT2D eigenvalue weighted by atomic mass is 9.77. The summed E-state index contributed by atoms with van der Waals surface area (Å²) in [6, 6.07) is 0. The first-order valence-corrected chi connectivity index (χ1v) is 5.22. The van der Waals surface area contributed by atoms with Gasteiger partial charge in [-0.3, -0.25) is 4.79 Å². The van der Waals surface area contributed by atoms with Gasteiger partial charge in [0.25, 0.3) is 0 Å². The van der Waals surface area contributed by atoms with E-state index in [9.17, 15) is 4.79 Å². The van der Waals surface area contributed by atoms with E-state index in [4.69, 9.17) is 0 Å². The maximum atomic E-state index is 11.9. The summed E-state index contributed by atoms with van der Waals surface area (Å²) in [6.07, 6.45) is 6.63. The Balaban J connectivity index is 2.44. The zero-order valence-electron chi connectivity index (χ0n) is 8.97. The van der Waals surface area contributed by atoms with Gasteiger partial charge in [0.15, 0.2) is 0 Å². The summed E-state index contributed by atoms with van der Waals surface area (Å²) in [7, 11) is 0.